The number of aryl methyl sites for hydroxylation is 1. The maximum Gasteiger partial charge on any atom is 0.419 e. The Morgan fingerprint density at radius 2 is 2.06 bits per heavy atom. The second kappa shape index (κ2) is 10.4. The largest absolute Gasteiger partial charge is 0.419 e. The second-order valence-electron chi connectivity index (χ2n) is 9.01. The van der Waals surface area contributed by atoms with E-state index >= 15 is 0 Å². The van der Waals surface area contributed by atoms with Crippen molar-refractivity contribution in [3.8, 4) is 17.2 Å². The number of hydrogen-bond donors (Lipinski definition) is 2. The van der Waals surface area contributed by atoms with Crippen molar-refractivity contribution in [1.82, 2.24) is 15.2 Å². The number of carbonyl (C=O) groups is 1. The van der Waals surface area contributed by atoms with E-state index in [9.17, 15) is 14.9 Å². The van der Waals surface area contributed by atoms with Crippen LogP contribution in [0.15, 0.2) is 51.7 Å². The molecule has 0 aliphatic carbocycles. The van der Waals surface area contributed by atoms with Crippen LogP contribution in [0, 0.1) is 11.3 Å². The summed E-state index contributed by atoms with van der Waals surface area (Å²) in [7, 11) is 1.67. The van der Waals surface area contributed by atoms with Crippen molar-refractivity contribution in [3.05, 3.63) is 58.6 Å². The van der Waals surface area contributed by atoms with Crippen molar-refractivity contribution >= 4 is 17.0 Å². The van der Waals surface area contributed by atoms with Crippen LogP contribution in [-0.4, -0.2) is 54.5 Å². The zero-order chi connectivity index (χ0) is 25.0. The van der Waals surface area contributed by atoms with E-state index in [1.54, 1.807) is 13.1 Å². The first kappa shape index (κ1) is 24.7. The van der Waals surface area contributed by atoms with Gasteiger partial charge in [-0.25, -0.2) is 4.79 Å². The van der Waals surface area contributed by atoms with Gasteiger partial charge in [-0.1, -0.05) is 30.3 Å². The highest BCUT2D eigenvalue weighted by Gasteiger charge is 2.33. The van der Waals surface area contributed by atoms with E-state index in [0.29, 0.717) is 38.3 Å². The van der Waals surface area contributed by atoms with Crippen molar-refractivity contribution < 1.29 is 18.7 Å². The number of rotatable bonds is 7. The number of carbonyl (C=O) groups excluding carboxylic acids is 1. The minimum absolute atomic E-state index is 0.295. The summed E-state index contributed by atoms with van der Waals surface area (Å²) in [6, 6.07) is 14.9. The number of benzene rings is 2. The molecule has 0 bridgehead atoms. The van der Waals surface area contributed by atoms with Gasteiger partial charge in [0, 0.05) is 33.2 Å². The summed E-state index contributed by atoms with van der Waals surface area (Å²) in [4.78, 5) is 24.5. The van der Waals surface area contributed by atoms with Crippen LogP contribution >= 0.6 is 0 Å². The van der Waals surface area contributed by atoms with E-state index in [0.717, 1.165) is 22.2 Å². The Bertz CT molecular complexity index is 1290. The van der Waals surface area contributed by atoms with Gasteiger partial charge in [-0.05, 0) is 42.7 Å². The molecule has 1 amide bonds. The topological polar surface area (TPSA) is 119 Å². The van der Waals surface area contributed by atoms with Gasteiger partial charge in [0.05, 0.1) is 18.2 Å². The van der Waals surface area contributed by atoms with Gasteiger partial charge in [-0.3, -0.25) is 9.36 Å². The van der Waals surface area contributed by atoms with Crippen LogP contribution in [0.4, 0.5) is 0 Å². The standard InChI is InChI=1S/C26H30N4O5/c1-4-34-26(2)15-28-14-23(33-16-26)24(31)29-20(13-27)11-17-5-7-18(8-6-17)19-9-10-22-21(12-19)30(3)25(32)35-22/h5-10,12,20,23,28H,4,11,14-16H2,1-3H3,(H,29,31). The lowest BCUT2D eigenvalue weighted by atomic mass is 10.0. The quantitative estimate of drug-likeness (QED) is 0.534. The normalized spacial score (nSPS) is 21.3. The summed E-state index contributed by atoms with van der Waals surface area (Å²) < 4.78 is 18.2. The van der Waals surface area contributed by atoms with Crippen LogP contribution in [0.3, 0.4) is 0 Å². The van der Waals surface area contributed by atoms with Crippen molar-refractivity contribution in [2.24, 2.45) is 7.05 Å². The Balaban J connectivity index is 1.38. The molecule has 1 aliphatic heterocycles. The molecular weight excluding hydrogens is 448 g/mol. The van der Waals surface area contributed by atoms with Crippen molar-refractivity contribution in [2.75, 3.05) is 26.3 Å². The average molecular weight is 479 g/mol. The van der Waals surface area contributed by atoms with Gasteiger partial charge in [-0.2, -0.15) is 5.26 Å². The molecule has 2 N–H and O–H groups in total. The molecule has 0 spiro atoms. The van der Waals surface area contributed by atoms with E-state index in [4.69, 9.17) is 13.9 Å². The summed E-state index contributed by atoms with van der Waals surface area (Å²) in [5.41, 5.74) is 3.61. The fourth-order valence-corrected chi connectivity index (χ4v) is 4.23. The number of hydrogen-bond acceptors (Lipinski definition) is 7. The molecule has 184 valence electrons. The number of amides is 1. The highest BCUT2D eigenvalue weighted by atomic mass is 16.6. The Hall–Kier alpha value is -3.45. The Morgan fingerprint density at radius 3 is 2.77 bits per heavy atom. The molecule has 2 heterocycles. The van der Waals surface area contributed by atoms with Crippen LogP contribution < -0.4 is 16.4 Å². The zero-order valence-electron chi connectivity index (χ0n) is 20.2. The summed E-state index contributed by atoms with van der Waals surface area (Å²) in [6.45, 7) is 5.66. The van der Waals surface area contributed by atoms with Gasteiger partial charge in [0.1, 0.15) is 17.7 Å². The van der Waals surface area contributed by atoms with Crippen LogP contribution in [0.25, 0.3) is 22.2 Å². The summed E-state index contributed by atoms with van der Waals surface area (Å²) in [5.74, 6) is -0.717. The third-order valence-corrected chi connectivity index (χ3v) is 6.19. The molecule has 0 radical (unpaired) electrons. The Labute approximate surface area is 203 Å². The molecule has 3 aromatic rings. The van der Waals surface area contributed by atoms with E-state index < -0.39 is 23.5 Å². The fourth-order valence-electron chi connectivity index (χ4n) is 4.23. The molecule has 35 heavy (non-hydrogen) atoms. The molecule has 1 aliphatic rings. The molecule has 4 rings (SSSR count). The molecule has 9 nitrogen and oxygen atoms in total. The molecule has 1 saturated heterocycles. The van der Waals surface area contributed by atoms with Gasteiger partial charge >= 0.3 is 5.76 Å². The van der Waals surface area contributed by atoms with E-state index in [-0.39, 0.29) is 5.91 Å². The first-order valence-corrected chi connectivity index (χ1v) is 11.7. The summed E-state index contributed by atoms with van der Waals surface area (Å²) >= 11 is 0. The number of ether oxygens (including phenoxy) is 2. The smallest absolute Gasteiger partial charge is 0.408 e. The van der Waals surface area contributed by atoms with E-state index in [2.05, 4.69) is 16.7 Å². The summed E-state index contributed by atoms with van der Waals surface area (Å²) in [6.07, 6.45) is -0.321. The van der Waals surface area contributed by atoms with Crippen molar-refractivity contribution in [3.63, 3.8) is 0 Å². The van der Waals surface area contributed by atoms with Crippen LogP contribution in [-0.2, 0) is 27.7 Å². The lowest BCUT2D eigenvalue weighted by molar-refractivity contribution is -0.137. The SMILES string of the molecule is CCOC1(C)CNCC(C(=O)NC(C#N)Cc2ccc(-c3ccc4oc(=O)n(C)c4c3)cc2)OC1. The predicted molar refractivity (Wildman–Crippen MR) is 131 cm³/mol. The average Bonchev–Trinajstić information content (AvgIpc) is 3.00. The molecule has 3 atom stereocenters. The predicted octanol–water partition coefficient (Wildman–Crippen LogP) is 2.13. The first-order valence-electron chi connectivity index (χ1n) is 11.7. The maximum absolute atomic E-state index is 12.8. The Morgan fingerprint density at radius 1 is 1.31 bits per heavy atom. The monoisotopic (exact) mass is 478 g/mol. The van der Waals surface area contributed by atoms with Gasteiger partial charge < -0.3 is 24.5 Å². The first-order chi connectivity index (χ1) is 16.8. The molecule has 3 unspecified atom stereocenters. The minimum Gasteiger partial charge on any atom is -0.408 e. The number of nitriles is 1. The lowest BCUT2D eigenvalue weighted by Gasteiger charge is -2.27. The van der Waals surface area contributed by atoms with Gasteiger partial charge in [0.15, 0.2) is 5.58 Å². The third-order valence-electron chi connectivity index (χ3n) is 6.19. The summed E-state index contributed by atoms with van der Waals surface area (Å²) in [5, 5.41) is 15.6. The highest BCUT2D eigenvalue weighted by molar-refractivity contribution is 5.82. The molecule has 1 fully saturated rings. The Kier molecular flexibility index (Phi) is 7.36. The molecule has 2 aromatic carbocycles. The number of aromatic nitrogens is 1. The zero-order valence-corrected chi connectivity index (χ0v) is 20.2. The van der Waals surface area contributed by atoms with Gasteiger partial charge in [0.2, 0.25) is 0 Å². The second-order valence-corrected chi connectivity index (χ2v) is 9.01. The minimum atomic E-state index is -0.690. The van der Waals surface area contributed by atoms with Gasteiger partial charge in [-0.15, -0.1) is 0 Å². The number of nitrogens with one attached hydrogen (secondary N) is 2. The number of nitrogens with zero attached hydrogens (tertiary/aromatic N) is 2. The van der Waals surface area contributed by atoms with E-state index in [1.165, 1.54) is 4.57 Å². The molecular formula is C26H30N4O5. The maximum atomic E-state index is 12.8. The number of oxazole rings is 1. The van der Waals surface area contributed by atoms with E-state index in [1.807, 2.05) is 50.2 Å². The highest BCUT2D eigenvalue weighted by Crippen LogP contribution is 2.24. The van der Waals surface area contributed by atoms with Gasteiger partial charge in [0.25, 0.3) is 5.91 Å². The molecule has 0 saturated carbocycles. The third kappa shape index (κ3) is 5.62. The van der Waals surface area contributed by atoms with Crippen LogP contribution in [0.5, 0.6) is 0 Å². The fraction of sp³-hybridized carbons (Fsp3) is 0.423. The molecule has 9 heteroatoms. The number of fused-ring (bicyclic) bond motifs is 1. The van der Waals surface area contributed by atoms with Crippen molar-refractivity contribution in [2.45, 2.75) is 38.0 Å². The van der Waals surface area contributed by atoms with Crippen LogP contribution in [0.1, 0.15) is 19.4 Å². The van der Waals surface area contributed by atoms with Crippen molar-refractivity contribution in [1.29, 1.82) is 5.26 Å². The molecule has 1 aromatic heterocycles. The lowest BCUT2D eigenvalue weighted by Crippen LogP contribution is -2.46. The van der Waals surface area contributed by atoms with Crippen LogP contribution in [0.2, 0.25) is 0 Å².